The van der Waals surface area contributed by atoms with E-state index in [1.54, 1.807) is 0 Å². The smallest absolute Gasteiger partial charge is 0.550 e. The first-order chi connectivity index (χ1) is 11.0. The molecule has 2 unspecified atom stereocenters. The number of carboxylic acids is 1. The molecule has 6 heteroatoms. The summed E-state index contributed by atoms with van der Waals surface area (Å²) in [5.74, 6) is -1.68. The molecule has 122 valence electrons. The van der Waals surface area contributed by atoms with E-state index in [1.165, 1.54) is 0 Å². The van der Waals surface area contributed by atoms with Crippen LogP contribution in [0.1, 0.15) is 19.6 Å². The van der Waals surface area contributed by atoms with E-state index in [1.807, 2.05) is 44.2 Å². The summed E-state index contributed by atoms with van der Waals surface area (Å²) >= 11 is 0. The third kappa shape index (κ3) is 3.53. The van der Waals surface area contributed by atoms with Crippen LogP contribution in [-0.2, 0) is 16.0 Å². The molecule has 1 aromatic heterocycles. The number of para-hydroxylation sites is 1. The number of benzene rings is 1. The number of carboxylic acid groups (broad SMARTS) is 1. The molecule has 1 saturated carbocycles. The van der Waals surface area contributed by atoms with E-state index >= 15 is 0 Å². The first-order valence-corrected chi connectivity index (χ1v) is 7.95. The molecule has 0 spiro atoms. The molecule has 1 aliphatic carbocycles. The van der Waals surface area contributed by atoms with E-state index in [4.69, 9.17) is 4.42 Å². The van der Waals surface area contributed by atoms with Gasteiger partial charge in [-0.1, -0.05) is 32.0 Å². The maximum atomic E-state index is 12.2. The van der Waals surface area contributed by atoms with Gasteiger partial charge in [-0.2, -0.15) is 0 Å². The number of amides is 1. The molecule has 1 aliphatic rings. The van der Waals surface area contributed by atoms with Gasteiger partial charge in [-0.05, 0) is 24.0 Å². The van der Waals surface area contributed by atoms with Crippen molar-refractivity contribution in [3.63, 3.8) is 0 Å². The Bertz CT molecular complexity index is 708. The maximum Gasteiger partial charge on any atom is 1.00 e. The Balaban J connectivity index is 0.00000208. The van der Waals surface area contributed by atoms with Crippen molar-refractivity contribution >= 4 is 22.8 Å². The van der Waals surface area contributed by atoms with Crippen molar-refractivity contribution in [3.8, 4) is 0 Å². The minimum absolute atomic E-state index is 0. The van der Waals surface area contributed by atoms with Crippen molar-refractivity contribution in [2.75, 3.05) is 6.54 Å². The van der Waals surface area contributed by atoms with Crippen molar-refractivity contribution in [1.29, 1.82) is 0 Å². The summed E-state index contributed by atoms with van der Waals surface area (Å²) in [6, 6.07) is 9.70. The van der Waals surface area contributed by atoms with Crippen molar-refractivity contribution in [2.45, 2.75) is 20.3 Å². The summed E-state index contributed by atoms with van der Waals surface area (Å²) in [5, 5.41) is 15.0. The standard InChI is InChI=1S/C18H21NO4.Na/c1-10-11(2)16(18(21)22)15(10)17(20)19-8-7-13-9-12-5-3-4-6-14(12)23-13;/h3-6,9-11,15-16H,7-8H2,1-2H3,(H,19,20)(H,21,22);/q;+1/p-1/t10?,11?,15-,16+;/m0./s1. The normalized spacial score (nSPS) is 25.6. The van der Waals surface area contributed by atoms with Gasteiger partial charge in [-0.25, -0.2) is 0 Å². The predicted molar refractivity (Wildman–Crippen MR) is 83.2 cm³/mol. The van der Waals surface area contributed by atoms with Gasteiger partial charge < -0.3 is 19.6 Å². The number of carbonyl (C=O) groups excluding carboxylic acids is 2. The summed E-state index contributed by atoms with van der Waals surface area (Å²) < 4.78 is 5.69. The van der Waals surface area contributed by atoms with Crippen LogP contribution >= 0.6 is 0 Å². The van der Waals surface area contributed by atoms with Crippen molar-refractivity contribution in [1.82, 2.24) is 5.32 Å². The molecular formula is C18H20NNaO4. The van der Waals surface area contributed by atoms with Crippen LogP contribution in [0.3, 0.4) is 0 Å². The molecule has 1 fully saturated rings. The molecule has 5 nitrogen and oxygen atoms in total. The summed E-state index contributed by atoms with van der Waals surface area (Å²) in [5.41, 5.74) is 0.826. The van der Waals surface area contributed by atoms with Crippen LogP contribution in [0, 0.1) is 23.7 Å². The van der Waals surface area contributed by atoms with Gasteiger partial charge in [-0.3, -0.25) is 4.79 Å². The van der Waals surface area contributed by atoms with Crippen LogP contribution in [0.4, 0.5) is 0 Å². The number of hydrogen-bond acceptors (Lipinski definition) is 4. The quantitative estimate of drug-likeness (QED) is 0.664. The zero-order valence-corrected chi connectivity index (χ0v) is 16.2. The Hall–Kier alpha value is -1.30. The van der Waals surface area contributed by atoms with Crippen LogP contribution in [0.25, 0.3) is 11.0 Å². The van der Waals surface area contributed by atoms with Crippen LogP contribution in [-0.4, -0.2) is 18.4 Å². The van der Waals surface area contributed by atoms with Crippen LogP contribution in [0.15, 0.2) is 34.7 Å². The van der Waals surface area contributed by atoms with E-state index in [2.05, 4.69) is 5.32 Å². The second kappa shape index (κ2) is 7.72. The molecule has 0 radical (unpaired) electrons. The molecule has 4 atom stereocenters. The fourth-order valence-electron chi connectivity index (χ4n) is 3.51. The van der Waals surface area contributed by atoms with Crippen molar-refractivity contribution in [2.24, 2.45) is 23.7 Å². The topological polar surface area (TPSA) is 82.4 Å². The van der Waals surface area contributed by atoms with Gasteiger partial charge >= 0.3 is 29.6 Å². The predicted octanol–water partition coefficient (Wildman–Crippen LogP) is -1.64. The molecule has 0 bridgehead atoms. The average molecular weight is 337 g/mol. The number of fused-ring (bicyclic) bond motifs is 1. The van der Waals surface area contributed by atoms with E-state index in [9.17, 15) is 14.7 Å². The fourth-order valence-corrected chi connectivity index (χ4v) is 3.51. The molecule has 1 amide bonds. The molecule has 1 N–H and O–H groups in total. The second-order valence-corrected chi connectivity index (χ2v) is 6.38. The van der Waals surface area contributed by atoms with Gasteiger partial charge in [0.1, 0.15) is 11.3 Å². The van der Waals surface area contributed by atoms with Gasteiger partial charge in [0.2, 0.25) is 5.91 Å². The Morgan fingerprint density at radius 3 is 2.50 bits per heavy atom. The zero-order chi connectivity index (χ0) is 16.6. The van der Waals surface area contributed by atoms with Crippen LogP contribution < -0.4 is 40.0 Å². The van der Waals surface area contributed by atoms with Gasteiger partial charge in [0.25, 0.3) is 0 Å². The van der Waals surface area contributed by atoms with Gasteiger partial charge in [0.05, 0.1) is 0 Å². The number of aliphatic carboxylic acids is 1. The van der Waals surface area contributed by atoms with Crippen LogP contribution in [0.2, 0.25) is 0 Å². The number of rotatable bonds is 5. The number of furan rings is 1. The summed E-state index contributed by atoms with van der Waals surface area (Å²) in [6.07, 6.45) is 0.576. The molecule has 1 heterocycles. The van der Waals surface area contributed by atoms with E-state index < -0.39 is 17.8 Å². The van der Waals surface area contributed by atoms with Crippen LogP contribution in [0.5, 0.6) is 0 Å². The second-order valence-electron chi connectivity index (χ2n) is 6.38. The molecule has 2 aromatic rings. The van der Waals surface area contributed by atoms with E-state index in [-0.39, 0.29) is 47.3 Å². The molecule has 24 heavy (non-hydrogen) atoms. The van der Waals surface area contributed by atoms with Gasteiger partial charge in [0, 0.05) is 36.2 Å². The Morgan fingerprint density at radius 1 is 1.17 bits per heavy atom. The minimum Gasteiger partial charge on any atom is -0.550 e. The Labute approximate surface area is 163 Å². The average Bonchev–Trinajstić information content (AvgIpc) is 2.93. The number of nitrogens with one attached hydrogen (secondary N) is 1. The third-order valence-electron chi connectivity index (χ3n) is 5.07. The van der Waals surface area contributed by atoms with E-state index in [0.717, 1.165) is 16.7 Å². The van der Waals surface area contributed by atoms with E-state index in [0.29, 0.717) is 13.0 Å². The summed E-state index contributed by atoms with van der Waals surface area (Å²) in [4.78, 5) is 23.4. The van der Waals surface area contributed by atoms with Gasteiger partial charge in [-0.15, -0.1) is 0 Å². The number of hydrogen-bond donors (Lipinski definition) is 1. The molecule has 0 aliphatic heterocycles. The molecule has 0 saturated heterocycles. The monoisotopic (exact) mass is 337 g/mol. The summed E-state index contributed by atoms with van der Waals surface area (Å²) in [6.45, 7) is 4.19. The first-order valence-electron chi connectivity index (χ1n) is 7.95. The van der Waals surface area contributed by atoms with Gasteiger partial charge in [0.15, 0.2) is 0 Å². The SMILES string of the molecule is CC1C(C)[C@H](C(=O)NCCc2cc3ccccc3o2)[C@@H]1C(=O)[O-].[Na+]. The number of carbonyl (C=O) groups is 2. The largest absolute Gasteiger partial charge is 1.00 e. The summed E-state index contributed by atoms with van der Waals surface area (Å²) in [7, 11) is 0. The third-order valence-corrected chi connectivity index (χ3v) is 5.07. The Kier molecular flexibility index (Phi) is 6.12. The fraction of sp³-hybridized carbons (Fsp3) is 0.444. The van der Waals surface area contributed by atoms with Crippen molar-refractivity contribution < 1.29 is 48.7 Å². The minimum atomic E-state index is -1.13. The first kappa shape index (κ1) is 19.0. The molecular weight excluding hydrogens is 317 g/mol. The maximum absolute atomic E-state index is 12.2. The zero-order valence-electron chi connectivity index (χ0n) is 14.2. The van der Waals surface area contributed by atoms with Crippen molar-refractivity contribution in [3.05, 3.63) is 36.1 Å². The molecule has 3 rings (SSSR count). The molecule has 1 aromatic carbocycles. The Morgan fingerprint density at radius 2 is 1.83 bits per heavy atom.